The molecule has 0 spiro atoms. The number of hydrogen-bond donors (Lipinski definition) is 2. The average Bonchev–Trinajstić information content (AvgIpc) is 3.98. The van der Waals surface area contributed by atoms with Crippen LogP contribution < -0.4 is 11.2 Å². The normalized spacial score (nSPS) is 20.2. The van der Waals surface area contributed by atoms with E-state index in [1.807, 2.05) is 48.5 Å². The van der Waals surface area contributed by atoms with Gasteiger partial charge >= 0.3 is 0 Å². The summed E-state index contributed by atoms with van der Waals surface area (Å²) in [7, 11) is 0. The first kappa shape index (κ1) is 32.6. The number of fused-ring (bicyclic) bond motifs is 12. The van der Waals surface area contributed by atoms with Gasteiger partial charge in [0, 0.05) is 32.3 Å². The van der Waals surface area contributed by atoms with E-state index in [0.717, 1.165) is 84.1 Å². The molecular formula is C48H39N7O. The number of amidine groups is 1. The molecule has 0 aliphatic heterocycles. The zero-order chi connectivity index (χ0) is 37.5. The fourth-order valence-electron chi connectivity index (χ4n) is 10.1. The van der Waals surface area contributed by atoms with E-state index in [-0.39, 0.29) is 5.41 Å². The number of aliphatic imine (C=N–C) groups is 1. The summed E-state index contributed by atoms with van der Waals surface area (Å²) in [5.74, 6) is 2.41. The third-order valence-electron chi connectivity index (χ3n) is 12.6. The van der Waals surface area contributed by atoms with Crippen LogP contribution in [0.25, 0.3) is 71.2 Å². The van der Waals surface area contributed by atoms with Crippen LogP contribution in [0.2, 0.25) is 0 Å². The molecule has 3 N–H and O–H groups in total. The maximum atomic E-state index is 10.2. The number of rotatable bonds is 4. The number of para-hydroxylation sites is 4. The highest BCUT2D eigenvalue weighted by molar-refractivity contribution is 6.24. The molecule has 9 aromatic rings. The number of aromatic nitrogens is 2. The lowest BCUT2D eigenvalue weighted by Gasteiger charge is -2.37. The molecule has 2 bridgehead atoms. The zero-order valence-electron chi connectivity index (χ0n) is 31.0. The van der Waals surface area contributed by atoms with E-state index in [2.05, 4.69) is 106 Å². The summed E-state index contributed by atoms with van der Waals surface area (Å²) in [5.41, 5.74) is 18.1. The molecule has 0 radical (unpaired) electrons. The lowest BCUT2D eigenvalue weighted by atomic mass is 9.69. The van der Waals surface area contributed by atoms with Gasteiger partial charge in [-0.15, -0.1) is 5.10 Å². The van der Waals surface area contributed by atoms with Crippen molar-refractivity contribution in [3.8, 4) is 11.8 Å². The molecule has 272 valence electrons. The second kappa shape index (κ2) is 12.3. The van der Waals surface area contributed by atoms with Gasteiger partial charge in [-0.1, -0.05) is 92.6 Å². The molecule has 6 aromatic carbocycles. The zero-order valence-corrected chi connectivity index (χ0v) is 31.0. The lowest BCUT2D eigenvalue weighted by Crippen LogP contribution is -2.40. The Hall–Kier alpha value is -6.85. The molecule has 8 heteroatoms. The van der Waals surface area contributed by atoms with E-state index >= 15 is 0 Å². The Morgan fingerprint density at radius 1 is 0.750 bits per heavy atom. The Morgan fingerprint density at radius 2 is 1.38 bits per heavy atom. The minimum Gasteiger partial charge on any atom is -0.456 e. The topological polar surface area (TPSA) is 110 Å². The Kier molecular flexibility index (Phi) is 7.17. The summed E-state index contributed by atoms with van der Waals surface area (Å²) < 4.78 is 10.8. The lowest BCUT2D eigenvalue weighted by molar-refractivity contribution is 0.223. The Bertz CT molecular complexity index is 3100. The number of hydrogen-bond acceptors (Lipinski definition) is 4. The second-order valence-electron chi connectivity index (χ2n) is 16.0. The molecule has 0 saturated heterocycles. The Morgan fingerprint density at radius 3 is 2.07 bits per heavy atom. The van der Waals surface area contributed by atoms with Crippen molar-refractivity contribution in [1.82, 2.24) is 9.13 Å². The molecule has 56 heavy (non-hydrogen) atoms. The number of nitrogens with one attached hydrogen (secondary N) is 1. The molecule has 2 saturated carbocycles. The number of hydrazone groups is 1. The van der Waals surface area contributed by atoms with Crippen LogP contribution in [0, 0.1) is 28.6 Å². The minimum absolute atomic E-state index is 0.225. The third-order valence-corrected chi connectivity index (χ3v) is 12.6. The highest BCUT2D eigenvalue weighted by Gasteiger charge is 2.43. The van der Waals surface area contributed by atoms with E-state index in [9.17, 15) is 5.26 Å². The summed E-state index contributed by atoms with van der Waals surface area (Å²) in [4.78, 5) is 5.29. The van der Waals surface area contributed by atoms with Crippen molar-refractivity contribution >= 4 is 83.0 Å². The molecule has 8 nitrogen and oxygen atoms in total. The highest BCUT2D eigenvalue weighted by atomic mass is 16.3. The Balaban J connectivity index is 1.15. The SMILES string of the molecule is CC1(/C(N)=N/C(=N\Nc2cc(C#N)ccc2-n2c3ccccc3c3ccc4oc5ccccc5c4c32)n2c3ccccc3c3ccccc32)C[C@H]2CC[C@@H](C2)C1. The van der Waals surface area contributed by atoms with Gasteiger partial charge in [-0.2, -0.15) is 10.3 Å². The van der Waals surface area contributed by atoms with E-state index in [0.29, 0.717) is 34.9 Å². The first-order valence-corrected chi connectivity index (χ1v) is 19.5. The van der Waals surface area contributed by atoms with E-state index in [1.165, 1.54) is 19.3 Å². The van der Waals surface area contributed by atoms with Crippen molar-refractivity contribution in [3.63, 3.8) is 0 Å². The standard InChI is InChI=1S/C48H39N7O/c1-48(26-29-18-19-30(24-29)27-48)46(50)51-47(55-39-15-7-2-10-32(39)33-11-3-8-16-40(33)55)53-52-37-25-31(28-49)20-22-41(37)54-38-14-6-4-12-34(38)35-21-23-43-44(45(35)54)36-13-5-9-17-42(36)56-43/h2-17,20-23,25,29-30,52H,18-19,24,26-27H2,1H3,(H2,50,51,53)/t29-,30-/m0/s1. The highest BCUT2D eigenvalue weighted by Crippen LogP contribution is 2.51. The van der Waals surface area contributed by atoms with Crippen LogP contribution in [0.15, 0.2) is 142 Å². The predicted octanol–water partition coefficient (Wildman–Crippen LogP) is 11.5. The first-order chi connectivity index (χ1) is 27.5. The number of nitriles is 1. The van der Waals surface area contributed by atoms with Gasteiger partial charge in [-0.05, 0) is 85.7 Å². The van der Waals surface area contributed by atoms with Gasteiger partial charge in [0.25, 0.3) is 5.96 Å². The summed E-state index contributed by atoms with van der Waals surface area (Å²) in [6.07, 6.45) is 5.90. The molecular weight excluding hydrogens is 691 g/mol. The van der Waals surface area contributed by atoms with Crippen molar-refractivity contribution in [2.24, 2.45) is 33.1 Å². The predicted molar refractivity (Wildman–Crippen MR) is 228 cm³/mol. The van der Waals surface area contributed by atoms with Crippen LogP contribution in [0.1, 0.15) is 44.6 Å². The fraction of sp³-hybridized carbons (Fsp3) is 0.188. The molecule has 3 heterocycles. The fourth-order valence-corrected chi connectivity index (χ4v) is 10.1. The minimum atomic E-state index is -0.225. The quantitative estimate of drug-likeness (QED) is 0.107. The number of benzene rings is 6. The average molecular weight is 730 g/mol. The smallest absolute Gasteiger partial charge is 0.253 e. The number of furan rings is 1. The maximum absolute atomic E-state index is 10.2. The largest absolute Gasteiger partial charge is 0.456 e. The van der Waals surface area contributed by atoms with Crippen molar-refractivity contribution in [3.05, 3.63) is 133 Å². The number of nitrogens with two attached hydrogens (primary N) is 1. The van der Waals surface area contributed by atoms with Gasteiger partial charge in [0.1, 0.15) is 17.0 Å². The number of nitrogens with zero attached hydrogens (tertiary/aromatic N) is 5. The van der Waals surface area contributed by atoms with Crippen LogP contribution in [0.3, 0.4) is 0 Å². The first-order valence-electron chi connectivity index (χ1n) is 19.5. The van der Waals surface area contributed by atoms with Crippen LogP contribution >= 0.6 is 0 Å². The Labute approximate surface area is 323 Å². The molecule has 2 aliphatic carbocycles. The summed E-state index contributed by atoms with van der Waals surface area (Å²) in [6, 6.07) is 45.6. The van der Waals surface area contributed by atoms with Crippen LogP contribution in [0.5, 0.6) is 0 Å². The van der Waals surface area contributed by atoms with Crippen molar-refractivity contribution in [2.45, 2.75) is 39.0 Å². The van der Waals surface area contributed by atoms with E-state index in [1.54, 1.807) is 0 Å². The third kappa shape index (κ3) is 4.90. The van der Waals surface area contributed by atoms with Gasteiger partial charge in [-0.3, -0.25) is 9.99 Å². The van der Waals surface area contributed by atoms with Crippen molar-refractivity contribution < 1.29 is 4.42 Å². The van der Waals surface area contributed by atoms with Crippen LogP contribution in [0.4, 0.5) is 5.69 Å². The molecule has 0 amide bonds. The monoisotopic (exact) mass is 729 g/mol. The van der Waals surface area contributed by atoms with Gasteiger partial charge < -0.3 is 14.7 Å². The summed E-state index contributed by atoms with van der Waals surface area (Å²) in [5, 5.41) is 21.9. The van der Waals surface area contributed by atoms with Gasteiger partial charge in [-0.25, -0.2) is 0 Å². The number of anilines is 1. The molecule has 3 aromatic heterocycles. The van der Waals surface area contributed by atoms with E-state index in [4.69, 9.17) is 20.2 Å². The summed E-state index contributed by atoms with van der Waals surface area (Å²) >= 11 is 0. The van der Waals surface area contributed by atoms with Gasteiger partial charge in [0.05, 0.1) is 50.5 Å². The van der Waals surface area contributed by atoms with Crippen molar-refractivity contribution in [2.75, 3.05) is 5.43 Å². The summed E-state index contributed by atoms with van der Waals surface area (Å²) in [6.45, 7) is 2.28. The van der Waals surface area contributed by atoms with Crippen LogP contribution in [-0.4, -0.2) is 20.9 Å². The molecule has 2 aliphatic rings. The van der Waals surface area contributed by atoms with Gasteiger partial charge in [0.2, 0.25) is 0 Å². The second-order valence-corrected chi connectivity index (χ2v) is 16.0. The molecule has 2 atom stereocenters. The molecule has 11 rings (SSSR count). The molecule has 0 unspecified atom stereocenters. The van der Waals surface area contributed by atoms with Crippen LogP contribution in [-0.2, 0) is 0 Å². The van der Waals surface area contributed by atoms with Gasteiger partial charge in [0.15, 0.2) is 0 Å². The van der Waals surface area contributed by atoms with E-state index < -0.39 is 0 Å². The molecule has 2 fully saturated rings. The maximum Gasteiger partial charge on any atom is 0.253 e. The van der Waals surface area contributed by atoms with Crippen molar-refractivity contribution in [1.29, 1.82) is 5.26 Å².